The van der Waals surface area contributed by atoms with Crippen LogP contribution in [-0.4, -0.2) is 29.6 Å². The van der Waals surface area contributed by atoms with Crippen molar-refractivity contribution >= 4 is 23.4 Å². The number of rotatable bonds is 7. The van der Waals surface area contributed by atoms with Gasteiger partial charge in [-0.2, -0.15) is 0 Å². The average Bonchev–Trinajstić information content (AvgIpc) is 2.39. The largest absolute Gasteiger partial charge is 0.396 e. The van der Waals surface area contributed by atoms with Crippen LogP contribution < -0.4 is 5.73 Å². The molecular weight excluding hydrogens is 263 g/mol. The zero-order chi connectivity index (χ0) is 14.3. The maximum atomic E-state index is 13.3. The second kappa shape index (κ2) is 8.04. The Kier molecular flexibility index (Phi) is 6.70. The van der Waals surface area contributed by atoms with Crippen LogP contribution in [0, 0.1) is 5.82 Å². The van der Waals surface area contributed by atoms with Gasteiger partial charge in [-0.05, 0) is 31.0 Å². The molecule has 2 N–H and O–H groups in total. The molecule has 19 heavy (non-hydrogen) atoms. The van der Waals surface area contributed by atoms with Crippen LogP contribution in [0.5, 0.6) is 0 Å². The molecule has 0 atom stereocenters. The van der Waals surface area contributed by atoms with Crippen molar-refractivity contribution in [3.63, 3.8) is 0 Å². The maximum Gasteiger partial charge on any atom is 0.232 e. The Morgan fingerprint density at radius 2 is 1.95 bits per heavy atom. The number of nitrogens with two attached hydrogens (primary N) is 1. The highest BCUT2D eigenvalue weighted by molar-refractivity contribution is 8.00. The van der Waals surface area contributed by atoms with Crippen molar-refractivity contribution in [3.8, 4) is 0 Å². The predicted molar refractivity (Wildman–Crippen MR) is 78.7 cm³/mol. The van der Waals surface area contributed by atoms with Crippen LogP contribution in [0.2, 0.25) is 0 Å². The average molecular weight is 284 g/mol. The fourth-order valence-electron chi connectivity index (χ4n) is 1.74. The molecule has 0 unspecified atom stereocenters. The van der Waals surface area contributed by atoms with E-state index in [0.717, 1.165) is 30.8 Å². The minimum Gasteiger partial charge on any atom is -0.396 e. The molecule has 5 heteroatoms. The summed E-state index contributed by atoms with van der Waals surface area (Å²) in [5.74, 6) is 0.00551. The summed E-state index contributed by atoms with van der Waals surface area (Å²) in [7, 11) is 0. The Balaban J connectivity index is 2.54. The second-order valence-corrected chi connectivity index (χ2v) is 5.40. The van der Waals surface area contributed by atoms with Gasteiger partial charge in [-0.15, -0.1) is 11.8 Å². The fourth-order valence-corrected chi connectivity index (χ4v) is 2.56. The molecule has 0 heterocycles. The van der Waals surface area contributed by atoms with Crippen molar-refractivity contribution in [3.05, 3.63) is 24.0 Å². The fraction of sp³-hybridized carbons (Fsp3) is 0.500. The number of nitrogens with zero attached hydrogens (tertiary/aromatic N) is 1. The molecule has 0 saturated carbocycles. The predicted octanol–water partition coefficient (Wildman–Crippen LogP) is 3.15. The third-order valence-corrected chi connectivity index (χ3v) is 3.65. The molecule has 0 aromatic heterocycles. The Morgan fingerprint density at radius 3 is 2.47 bits per heavy atom. The first-order chi connectivity index (χ1) is 9.08. The molecule has 1 aromatic carbocycles. The van der Waals surface area contributed by atoms with Gasteiger partial charge in [0.2, 0.25) is 5.91 Å². The van der Waals surface area contributed by atoms with E-state index < -0.39 is 5.82 Å². The van der Waals surface area contributed by atoms with Gasteiger partial charge in [-0.3, -0.25) is 4.79 Å². The van der Waals surface area contributed by atoms with Crippen LogP contribution in [0.3, 0.4) is 0 Å². The van der Waals surface area contributed by atoms with Gasteiger partial charge in [0.1, 0.15) is 5.82 Å². The molecule has 0 aliphatic carbocycles. The zero-order valence-electron chi connectivity index (χ0n) is 11.5. The molecule has 1 aromatic rings. The van der Waals surface area contributed by atoms with E-state index in [0.29, 0.717) is 5.75 Å². The van der Waals surface area contributed by atoms with Crippen molar-refractivity contribution in [2.75, 3.05) is 24.6 Å². The minimum absolute atomic E-state index is 0.103. The smallest absolute Gasteiger partial charge is 0.232 e. The number of benzene rings is 1. The van der Waals surface area contributed by atoms with Gasteiger partial charge in [-0.25, -0.2) is 4.39 Å². The summed E-state index contributed by atoms with van der Waals surface area (Å²) in [5, 5.41) is 0. The molecule has 0 aliphatic rings. The number of amides is 1. The van der Waals surface area contributed by atoms with Crippen LogP contribution in [-0.2, 0) is 4.79 Å². The van der Waals surface area contributed by atoms with Crippen LogP contribution in [0.1, 0.15) is 26.7 Å². The number of carbonyl (C=O) groups is 1. The van der Waals surface area contributed by atoms with Crippen LogP contribution in [0.15, 0.2) is 23.1 Å². The molecular formula is C14H21FN2OS. The van der Waals surface area contributed by atoms with E-state index in [1.165, 1.54) is 23.9 Å². The standard InChI is InChI=1S/C14H21FN2OS/c1-3-7-17(8-4-2)14(18)10-19-11-5-6-13(16)12(15)9-11/h5-6,9H,3-4,7-8,10,16H2,1-2H3. The van der Waals surface area contributed by atoms with Crippen molar-refractivity contribution in [2.45, 2.75) is 31.6 Å². The lowest BCUT2D eigenvalue weighted by Gasteiger charge is -2.21. The zero-order valence-corrected chi connectivity index (χ0v) is 12.3. The highest BCUT2D eigenvalue weighted by Gasteiger charge is 2.12. The molecule has 0 aliphatic heterocycles. The number of halogens is 1. The van der Waals surface area contributed by atoms with Gasteiger partial charge >= 0.3 is 0 Å². The molecule has 1 amide bonds. The van der Waals surface area contributed by atoms with E-state index in [9.17, 15) is 9.18 Å². The topological polar surface area (TPSA) is 46.3 Å². The molecule has 106 valence electrons. The Labute approximate surface area is 118 Å². The van der Waals surface area contributed by atoms with Crippen LogP contribution in [0.25, 0.3) is 0 Å². The van der Waals surface area contributed by atoms with E-state index in [2.05, 4.69) is 13.8 Å². The summed E-state index contributed by atoms with van der Waals surface area (Å²) in [5.41, 5.74) is 5.55. The van der Waals surface area contributed by atoms with Gasteiger partial charge < -0.3 is 10.6 Å². The molecule has 0 spiro atoms. The van der Waals surface area contributed by atoms with Gasteiger partial charge in [0.15, 0.2) is 0 Å². The summed E-state index contributed by atoms with van der Waals surface area (Å²) in [6.45, 7) is 5.67. The molecule has 1 rings (SSSR count). The first-order valence-corrected chi connectivity index (χ1v) is 7.52. The number of hydrogen-bond donors (Lipinski definition) is 1. The number of thioether (sulfide) groups is 1. The van der Waals surface area contributed by atoms with Gasteiger partial charge in [0.25, 0.3) is 0 Å². The molecule has 0 saturated heterocycles. The third-order valence-electron chi connectivity index (χ3n) is 2.67. The molecule has 0 fully saturated rings. The van der Waals surface area contributed by atoms with Crippen LogP contribution >= 0.6 is 11.8 Å². The lowest BCUT2D eigenvalue weighted by atomic mass is 10.3. The Hall–Kier alpha value is -1.23. The van der Waals surface area contributed by atoms with Gasteiger partial charge in [0.05, 0.1) is 11.4 Å². The number of anilines is 1. The Morgan fingerprint density at radius 1 is 1.32 bits per heavy atom. The quantitative estimate of drug-likeness (QED) is 0.618. The molecule has 3 nitrogen and oxygen atoms in total. The number of carbonyl (C=O) groups excluding carboxylic acids is 1. The summed E-state index contributed by atoms with van der Waals surface area (Å²) in [4.78, 5) is 14.6. The van der Waals surface area contributed by atoms with Gasteiger partial charge in [-0.1, -0.05) is 13.8 Å². The SMILES string of the molecule is CCCN(CCC)C(=O)CSc1ccc(N)c(F)c1. The van der Waals surface area contributed by atoms with E-state index in [4.69, 9.17) is 5.73 Å². The lowest BCUT2D eigenvalue weighted by molar-refractivity contribution is -0.128. The monoisotopic (exact) mass is 284 g/mol. The van der Waals surface area contributed by atoms with Crippen molar-refractivity contribution in [2.24, 2.45) is 0 Å². The van der Waals surface area contributed by atoms with Crippen molar-refractivity contribution < 1.29 is 9.18 Å². The van der Waals surface area contributed by atoms with E-state index in [1.54, 1.807) is 6.07 Å². The Bertz CT molecular complexity index is 420. The number of nitrogen functional groups attached to an aromatic ring is 1. The highest BCUT2D eigenvalue weighted by atomic mass is 32.2. The van der Waals surface area contributed by atoms with E-state index in [-0.39, 0.29) is 11.6 Å². The third kappa shape index (κ3) is 5.11. The maximum absolute atomic E-state index is 13.3. The highest BCUT2D eigenvalue weighted by Crippen LogP contribution is 2.22. The van der Waals surface area contributed by atoms with Gasteiger partial charge in [0, 0.05) is 18.0 Å². The number of hydrogen-bond acceptors (Lipinski definition) is 3. The van der Waals surface area contributed by atoms with Crippen molar-refractivity contribution in [1.29, 1.82) is 0 Å². The summed E-state index contributed by atoms with van der Waals surface area (Å²) in [6.07, 6.45) is 1.90. The summed E-state index contributed by atoms with van der Waals surface area (Å²) >= 11 is 1.34. The minimum atomic E-state index is -0.434. The normalized spacial score (nSPS) is 10.5. The second-order valence-electron chi connectivity index (χ2n) is 4.35. The van der Waals surface area contributed by atoms with Crippen LogP contribution in [0.4, 0.5) is 10.1 Å². The molecule has 0 bridgehead atoms. The summed E-state index contributed by atoms with van der Waals surface area (Å²) < 4.78 is 13.3. The van der Waals surface area contributed by atoms with E-state index in [1.807, 2.05) is 4.90 Å². The lowest BCUT2D eigenvalue weighted by Crippen LogP contribution is -2.33. The first kappa shape index (κ1) is 15.8. The summed E-state index contributed by atoms with van der Waals surface area (Å²) in [6, 6.07) is 4.63. The molecule has 0 radical (unpaired) electrons. The van der Waals surface area contributed by atoms with Crippen molar-refractivity contribution in [1.82, 2.24) is 4.90 Å². The first-order valence-electron chi connectivity index (χ1n) is 6.54. The van der Waals surface area contributed by atoms with E-state index >= 15 is 0 Å².